The van der Waals surface area contributed by atoms with Crippen LogP contribution in [0.5, 0.6) is 0 Å². The van der Waals surface area contributed by atoms with Crippen LogP contribution in [0.4, 0.5) is 5.00 Å². The van der Waals surface area contributed by atoms with Gasteiger partial charge in [-0.15, -0.1) is 32.9 Å². The van der Waals surface area contributed by atoms with E-state index in [0.717, 1.165) is 16.6 Å². The number of anilines is 1. The van der Waals surface area contributed by atoms with Crippen molar-refractivity contribution in [3.05, 3.63) is 45.3 Å². The SMILES string of the molecule is O=Cc1ccsc1NC(=O)CSc1nnc(Cc2cccs2)o1. The van der Waals surface area contributed by atoms with Crippen molar-refractivity contribution in [2.24, 2.45) is 0 Å². The van der Waals surface area contributed by atoms with Crippen molar-refractivity contribution in [3.63, 3.8) is 0 Å². The summed E-state index contributed by atoms with van der Waals surface area (Å²) >= 11 is 4.10. The van der Waals surface area contributed by atoms with Crippen LogP contribution in [-0.2, 0) is 11.2 Å². The molecule has 0 saturated carbocycles. The molecule has 3 heterocycles. The minimum absolute atomic E-state index is 0.136. The van der Waals surface area contributed by atoms with E-state index in [1.807, 2.05) is 17.5 Å². The molecule has 0 unspecified atom stereocenters. The first-order valence-electron chi connectivity index (χ1n) is 6.54. The fourth-order valence-corrected chi connectivity index (χ4v) is 3.79. The number of carbonyl (C=O) groups is 2. The van der Waals surface area contributed by atoms with Gasteiger partial charge in [-0.25, -0.2) is 0 Å². The van der Waals surface area contributed by atoms with Gasteiger partial charge in [-0.3, -0.25) is 9.59 Å². The van der Waals surface area contributed by atoms with E-state index in [-0.39, 0.29) is 11.7 Å². The lowest BCUT2D eigenvalue weighted by Gasteiger charge is -2.01. The van der Waals surface area contributed by atoms with Gasteiger partial charge in [-0.1, -0.05) is 17.8 Å². The lowest BCUT2D eigenvalue weighted by molar-refractivity contribution is -0.113. The summed E-state index contributed by atoms with van der Waals surface area (Å²) in [4.78, 5) is 23.8. The number of thioether (sulfide) groups is 1. The van der Waals surface area contributed by atoms with Gasteiger partial charge in [0.1, 0.15) is 5.00 Å². The molecule has 0 radical (unpaired) electrons. The van der Waals surface area contributed by atoms with Gasteiger partial charge in [0.2, 0.25) is 11.8 Å². The Morgan fingerprint density at radius 2 is 2.22 bits per heavy atom. The molecule has 6 nitrogen and oxygen atoms in total. The fraction of sp³-hybridized carbons (Fsp3) is 0.143. The Morgan fingerprint density at radius 1 is 1.30 bits per heavy atom. The number of aldehydes is 1. The Bertz CT molecular complexity index is 795. The van der Waals surface area contributed by atoms with Crippen molar-refractivity contribution in [2.75, 3.05) is 11.1 Å². The third kappa shape index (κ3) is 4.27. The van der Waals surface area contributed by atoms with Gasteiger partial charge >= 0.3 is 0 Å². The van der Waals surface area contributed by atoms with Crippen LogP contribution in [-0.4, -0.2) is 28.1 Å². The third-order valence-electron chi connectivity index (χ3n) is 2.76. The standard InChI is InChI=1S/C14H11N3O3S3/c18-7-9-3-5-22-13(9)15-11(19)8-23-14-17-16-12(20-14)6-10-2-1-4-21-10/h1-5,7H,6,8H2,(H,15,19). The highest BCUT2D eigenvalue weighted by molar-refractivity contribution is 7.99. The topological polar surface area (TPSA) is 85.1 Å². The molecule has 1 amide bonds. The van der Waals surface area contributed by atoms with Crippen LogP contribution in [0, 0.1) is 0 Å². The normalized spacial score (nSPS) is 10.6. The molecule has 0 atom stereocenters. The number of amides is 1. The van der Waals surface area contributed by atoms with Crippen LogP contribution in [0.3, 0.4) is 0 Å². The van der Waals surface area contributed by atoms with E-state index in [4.69, 9.17) is 4.42 Å². The van der Waals surface area contributed by atoms with Crippen LogP contribution in [0.25, 0.3) is 0 Å². The largest absolute Gasteiger partial charge is 0.416 e. The summed E-state index contributed by atoms with van der Waals surface area (Å²) in [7, 11) is 0. The van der Waals surface area contributed by atoms with Crippen molar-refractivity contribution in [1.82, 2.24) is 10.2 Å². The number of hydrogen-bond acceptors (Lipinski definition) is 8. The maximum absolute atomic E-state index is 11.9. The molecule has 0 aliphatic heterocycles. The smallest absolute Gasteiger partial charge is 0.277 e. The number of nitrogens with zero attached hydrogens (tertiary/aromatic N) is 2. The zero-order valence-corrected chi connectivity index (χ0v) is 14.2. The van der Waals surface area contributed by atoms with E-state index in [1.165, 1.54) is 11.3 Å². The van der Waals surface area contributed by atoms with Gasteiger partial charge in [0, 0.05) is 10.4 Å². The van der Waals surface area contributed by atoms with Gasteiger partial charge in [-0.2, -0.15) is 0 Å². The zero-order chi connectivity index (χ0) is 16.1. The van der Waals surface area contributed by atoms with E-state index in [0.29, 0.717) is 34.4 Å². The first-order valence-corrected chi connectivity index (χ1v) is 9.29. The minimum atomic E-state index is -0.224. The molecule has 3 rings (SSSR count). The van der Waals surface area contributed by atoms with Crippen LogP contribution in [0.15, 0.2) is 38.6 Å². The van der Waals surface area contributed by atoms with Crippen molar-refractivity contribution in [1.29, 1.82) is 0 Å². The Balaban J connectivity index is 1.51. The molecule has 9 heteroatoms. The molecule has 0 saturated heterocycles. The summed E-state index contributed by atoms with van der Waals surface area (Å²) in [5, 5.41) is 15.2. The fourth-order valence-electron chi connectivity index (χ4n) is 1.73. The number of aromatic nitrogens is 2. The predicted molar refractivity (Wildman–Crippen MR) is 90.5 cm³/mol. The Hall–Kier alpha value is -1.97. The molecule has 23 heavy (non-hydrogen) atoms. The van der Waals surface area contributed by atoms with Crippen LogP contribution < -0.4 is 5.32 Å². The number of carbonyl (C=O) groups excluding carboxylic acids is 2. The molecular formula is C14H11N3O3S3. The summed E-state index contributed by atoms with van der Waals surface area (Å²) in [6, 6.07) is 5.63. The van der Waals surface area contributed by atoms with Crippen LogP contribution in [0.1, 0.15) is 21.1 Å². The molecule has 3 aromatic rings. The molecule has 0 aliphatic carbocycles. The lowest BCUT2D eigenvalue weighted by atomic mass is 10.3. The second-order valence-corrected chi connectivity index (χ2v) is 7.25. The first kappa shape index (κ1) is 15.9. The maximum Gasteiger partial charge on any atom is 0.277 e. The quantitative estimate of drug-likeness (QED) is 0.511. The molecule has 0 bridgehead atoms. The Kier molecular flexibility index (Phi) is 5.21. The van der Waals surface area contributed by atoms with E-state index in [9.17, 15) is 9.59 Å². The van der Waals surface area contributed by atoms with Gasteiger partial charge in [0.25, 0.3) is 5.22 Å². The number of thiophene rings is 2. The molecule has 3 aromatic heterocycles. The molecule has 0 spiro atoms. The second-order valence-electron chi connectivity index (χ2n) is 4.38. The van der Waals surface area contributed by atoms with Crippen LogP contribution in [0.2, 0.25) is 0 Å². The van der Waals surface area contributed by atoms with E-state index >= 15 is 0 Å². The molecule has 118 valence electrons. The summed E-state index contributed by atoms with van der Waals surface area (Å²) in [5.41, 5.74) is 0.476. The molecule has 0 aliphatic rings. The van der Waals surface area contributed by atoms with Gasteiger partial charge < -0.3 is 9.73 Å². The number of hydrogen-bond donors (Lipinski definition) is 1. The van der Waals surface area contributed by atoms with E-state index < -0.39 is 0 Å². The average molecular weight is 365 g/mol. The zero-order valence-electron chi connectivity index (χ0n) is 11.7. The number of nitrogens with one attached hydrogen (secondary N) is 1. The van der Waals surface area contributed by atoms with Crippen molar-refractivity contribution in [3.8, 4) is 0 Å². The summed E-state index contributed by atoms with van der Waals surface area (Å²) < 4.78 is 5.50. The van der Waals surface area contributed by atoms with E-state index in [1.54, 1.807) is 22.8 Å². The lowest BCUT2D eigenvalue weighted by Crippen LogP contribution is -2.14. The average Bonchev–Trinajstić information content (AvgIpc) is 3.27. The van der Waals surface area contributed by atoms with Crippen LogP contribution >= 0.6 is 34.4 Å². The highest BCUT2D eigenvalue weighted by Crippen LogP contribution is 2.23. The maximum atomic E-state index is 11.9. The van der Waals surface area contributed by atoms with E-state index in [2.05, 4.69) is 15.5 Å². The summed E-state index contributed by atoms with van der Waals surface area (Å²) in [5.74, 6) is 0.437. The molecule has 0 fully saturated rings. The monoisotopic (exact) mass is 365 g/mol. The molecule has 1 N–H and O–H groups in total. The Labute approximate surface area is 143 Å². The first-order chi connectivity index (χ1) is 11.2. The molecule has 0 aromatic carbocycles. The van der Waals surface area contributed by atoms with Crippen molar-refractivity contribution >= 4 is 51.6 Å². The minimum Gasteiger partial charge on any atom is -0.416 e. The highest BCUT2D eigenvalue weighted by Gasteiger charge is 2.12. The summed E-state index contributed by atoms with van der Waals surface area (Å²) in [6.45, 7) is 0. The Morgan fingerprint density at radius 3 is 3.00 bits per heavy atom. The van der Waals surface area contributed by atoms with Gasteiger partial charge in [0.05, 0.1) is 12.2 Å². The van der Waals surface area contributed by atoms with Crippen molar-refractivity contribution < 1.29 is 14.0 Å². The van der Waals surface area contributed by atoms with Gasteiger partial charge in [0.15, 0.2) is 6.29 Å². The number of rotatable bonds is 7. The summed E-state index contributed by atoms with van der Waals surface area (Å²) in [6.07, 6.45) is 1.31. The molecular weight excluding hydrogens is 354 g/mol. The third-order valence-corrected chi connectivity index (χ3v) is 5.30. The van der Waals surface area contributed by atoms with Crippen molar-refractivity contribution in [2.45, 2.75) is 11.6 Å². The predicted octanol–water partition coefficient (Wildman–Crippen LogP) is 3.33. The highest BCUT2D eigenvalue weighted by atomic mass is 32.2. The van der Waals surface area contributed by atoms with Gasteiger partial charge in [-0.05, 0) is 22.9 Å². The second kappa shape index (κ2) is 7.53.